The first kappa shape index (κ1) is 12.0. The van der Waals surface area contributed by atoms with Crippen molar-refractivity contribution < 1.29 is 9.90 Å². The van der Waals surface area contributed by atoms with Crippen molar-refractivity contribution in [2.75, 3.05) is 0 Å². The van der Waals surface area contributed by atoms with Gasteiger partial charge in [-0.25, -0.2) is 0 Å². The van der Waals surface area contributed by atoms with E-state index in [2.05, 4.69) is 13.1 Å². The van der Waals surface area contributed by atoms with E-state index in [1.54, 1.807) is 6.92 Å². The highest BCUT2D eigenvalue weighted by atomic mass is 28.3. The second-order valence-electron chi connectivity index (χ2n) is 4.19. The quantitative estimate of drug-likeness (QED) is 0.794. The first-order chi connectivity index (χ1) is 7.00. The maximum Gasteiger partial charge on any atom is 0.310 e. The number of carboxylic acid groups (broad SMARTS) is 1. The summed E-state index contributed by atoms with van der Waals surface area (Å²) in [7, 11) is -0.252. The van der Waals surface area contributed by atoms with Gasteiger partial charge in [-0.05, 0) is 18.5 Å². The third-order valence-electron chi connectivity index (χ3n) is 2.41. The van der Waals surface area contributed by atoms with Crippen LogP contribution in [0.5, 0.6) is 0 Å². The molecule has 81 valence electrons. The van der Waals surface area contributed by atoms with Crippen LogP contribution < -0.4 is 0 Å². The first-order valence-corrected chi connectivity index (χ1v) is 7.82. The van der Waals surface area contributed by atoms with Gasteiger partial charge in [0, 0.05) is 8.80 Å². The average Bonchev–Trinajstić information content (AvgIpc) is 2.17. The minimum atomic E-state index is -0.765. The van der Waals surface area contributed by atoms with Gasteiger partial charge in [0.1, 0.15) is 0 Å². The molecular weight excluding hydrogens is 204 g/mol. The highest BCUT2D eigenvalue weighted by Crippen LogP contribution is 2.16. The van der Waals surface area contributed by atoms with Crippen molar-refractivity contribution in [3.05, 3.63) is 35.4 Å². The topological polar surface area (TPSA) is 37.3 Å². The molecule has 0 amide bonds. The Balaban J connectivity index is 2.76. The Hall–Kier alpha value is -1.09. The number of carbonyl (C=O) groups is 1. The summed E-state index contributed by atoms with van der Waals surface area (Å²) in [5.41, 5.74) is 2.20. The predicted octanol–water partition coefficient (Wildman–Crippen LogP) is 2.71. The van der Waals surface area contributed by atoms with Gasteiger partial charge < -0.3 is 5.11 Å². The molecule has 15 heavy (non-hydrogen) atoms. The molecule has 0 aliphatic rings. The second-order valence-corrected chi connectivity index (χ2v) is 6.95. The molecule has 1 atom stereocenters. The Kier molecular flexibility index (Phi) is 4.09. The molecule has 2 nitrogen and oxygen atoms in total. The highest BCUT2D eigenvalue weighted by molar-refractivity contribution is 6.55. The van der Waals surface area contributed by atoms with E-state index in [1.807, 2.05) is 24.3 Å². The van der Waals surface area contributed by atoms with Crippen LogP contribution in [0.4, 0.5) is 0 Å². The summed E-state index contributed by atoms with van der Waals surface area (Å²) < 4.78 is 0. The molecule has 0 spiro atoms. The van der Waals surface area contributed by atoms with Crippen LogP contribution in [0.2, 0.25) is 13.1 Å². The highest BCUT2D eigenvalue weighted by Gasteiger charge is 2.12. The number of aliphatic carboxylic acids is 1. The summed E-state index contributed by atoms with van der Waals surface area (Å²) >= 11 is 0. The maximum atomic E-state index is 10.8. The molecule has 0 heterocycles. The molecule has 0 saturated heterocycles. The monoisotopic (exact) mass is 221 g/mol. The van der Waals surface area contributed by atoms with Gasteiger partial charge in [-0.15, -0.1) is 0 Å². The smallest absolute Gasteiger partial charge is 0.310 e. The molecule has 0 aliphatic carbocycles. The molecule has 0 aromatic heterocycles. The van der Waals surface area contributed by atoms with Crippen molar-refractivity contribution in [2.45, 2.75) is 32.0 Å². The van der Waals surface area contributed by atoms with Crippen molar-refractivity contribution in [1.29, 1.82) is 0 Å². The average molecular weight is 221 g/mol. The van der Waals surface area contributed by atoms with E-state index in [9.17, 15) is 4.79 Å². The van der Waals surface area contributed by atoms with E-state index in [1.165, 1.54) is 5.56 Å². The summed E-state index contributed by atoms with van der Waals surface area (Å²) in [5.74, 6) is -1.18. The SMILES string of the molecule is CC(C(=O)O)c1ccc(C[Si](C)C)cc1. The Labute approximate surface area is 92.6 Å². The number of hydrogen-bond acceptors (Lipinski definition) is 1. The molecule has 1 aromatic rings. The van der Waals surface area contributed by atoms with Gasteiger partial charge in [-0.3, -0.25) is 4.79 Å². The van der Waals surface area contributed by atoms with E-state index in [4.69, 9.17) is 5.11 Å². The van der Waals surface area contributed by atoms with E-state index in [0.29, 0.717) is 0 Å². The van der Waals surface area contributed by atoms with Crippen LogP contribution in [0, 0.1) is 0 Å². The Morgan fingerprint density at radius 3 is 2.27 bits per heavy atom. The lowest BCUT2D eigenvalue weighted by Crippen LogP contribution is -2.08. The van der Waals surface area contributed by atoms with Gasteiger partial charge in [-0.1, -0.05) is 42.9 Å². The summed E-state index contributed by atoms with van der Waals surface area (Å²) in [4.78, 5) is 10.8. The molecule has 0 saturated carbocycles. The number of rotatable bonds is 4. The zero-order valence-electron chi connectivity index (χ0n) is 9.45. The molecule has 1 N–H and O–H groups in total. The number of carboxylic acids is 1. The van der Waals surface area contributed by atoms with Gasteiger partial charge in [0.15, 0.2) is 0 Å². The lowest BCUT2D eigenvalue weighted by molar-refractivity contribution is -0.138. The molecule has 1 aromatic carbocycles. The van der Waals surface area contributed by atoms with Crippen LogP contribution in [0.25, 0.3) is 0 Å². The van der Waals surface area contributed by atoms with Crippen LogP contribution in [-0.4, -0.2) is 19.9 Å². The molecule has 1 rings (SSSR count). The first-order valence-electron chi connectivity index (χ1n) is 5.11. The van der Waals surface area contributed by atoms with Gasteiger partial charge in [0.25, 0.3) is 0 Å². The lowest BCUT2D eigenvalue weighted by atomic mass is 10.0. The maximum absolute atomic E-state index is 10.8. The predicted molar refractivity (Wildman–Crippen MR) is 63.7 cm³/mol. The van der Waals surface area contributed by atoms with E-state index in [-0.39, 0.29) is 8.80 Å². The fourth-order valence-electron chi connectivity index (χ4n) is 1.47. The van der Waals surface area contributed by atoms with Crippen molar-refractivity contribution in [2.24, 2.45) is 0 Å². The summed E-state index contributed by atoms with van der Waals surface area (Å²) in [6.07, 6.45) is 0. The normalized spacial score (nSPS) is 12.8. The Morgan fingerprint density at radius 2 is 1.87 bits per heavy atom. The zero-order valence-corrected chi connectivity index (χ0v) is 10.4. The van der Waals surface area contributed by atoms with Crippen LogP contribution in [0.3, 0.4) is 0 Å². The Bertz CT molecular complexity index is 330. The Morgan fingerprint density at radius 1 is 1.33 bits per heavy atom. The summed E-state index contributed by atoms with van der Waals surface area (Å²) in [5, 5.41) is 8.86. The molecule has 1 radical (unpaired) electrons. The second kappa shape index (κ2) is 5.12. The van der Waals surface area contributed by atoms with Gasteiger partial charge in [-0.2, -0.15) is 0 Å². The largest absolute Gasteiger partial charge is 0.481 e. The lowest BCUT2D eigenvalue weighted by Gasteiger charge is -2.08. The summed E-state index contributed by atoms with van der Waals surface area (Å²) in [6, 6.07) is 9.10. The van der Waals surface area contributed by atoms with E-state index in [0.717, 1.165) is 11.6 Å². The van der Waals surface area contributed by atoms with Crippen molar-refractivity contribution in [1.82, 2.24) is 0 Å². The van der Waals surface area contributed by atoms with E-state index >= 15 is 0 Å². The summed E-state index contributed by atoms with van der Waals surface area (Å²) in [6.45, 7) is 6.27. The van der Waals surface area contributed by atoms with Crippen molar-refractivity contribution >= 4 is 14.8 Å². The minimum absolute atomic E-state index is 0.252. The van der Waals surface area contributed by atoms with Crippen molar-refractivity contribution in [3.63, 3.8) is 0 Å². The standard InChI is InChI=1S/C12H17O2Si/c1-9(12(13)14)11-6-4-10(5-7-11)8-15(2)3/h4-7,9H,8H2,1-3H3,(H,13,14). The fourth-order valence-corrected chi connectivity index (χ4v) is 2.53. The van der Waals surface area contributed by atoms with Gasteiger partial charge in [0.2, 0.25) is 0 Å². The zero-order chi connectivity index (χ0) is 11.4. The van der Waals surface area contributed by atoms with Crippen LogP contribution >= 0.6 is 0 Å². The molecule has 3 heteroatoms. The van der Waals surface area contributed by atoms with Gasteiger partial charge in [0.05, 0.1) is 5.92 Å². The van der Waals surface area contributed by atoms with Crippen LogP contribution in [0.15, 0.2) is 24.3 Å². The van der Waals surface area contributed by atoms with E-state index < -0.39 is 11.9 Å². The fraction of sp³-hybridized carbons (Fsp3) is 0.417. The van der Waals surface area contributed by atoms with Gasteiger partial charge >= 0.3 is 5.97 Å². The molecule has 1 unspecified atom stereocenters. The van der Waals surface area contributed by atoms with Crippen LogP contribution in [0.1, 0.15) is 24.0 Å². The molecule has 0 aliphatic heterocycles. The third-order valence-corrected chi connectivity index (χ3v) is 3.52. The minimum Gasteiger partial charge on any atom is -0.481 e. The number of benzene rings is 1. The van der Waals surface area contributed by atoms with Crippen LogP contribution in [-0.2, 0) is 10.8 Å². The molecule has 0 fully saturated rings. The number of hydrogen-bond donors (Lipinski definition) is 1. The molecule has 0 bridgehead atoms. The molecular formula is C12H17O2Si. The third kappa shape index (κ3) is 3.51. The van der Waals surface area contributed by atoms with Crippen molar-refractivity contribution in [3.8, 4) is 0 Å².